The van der Waals surface area contributed by atoms with Gasteiger partial charge < -0.3 is 5.32 Å². The standard InChI is InChI=1S/C23H22N6OS/c1-17-8-10-19(11-9-17)29-20(16-31-23-25-13-5-14-26-23)21(27-28-29)22(30)24-15-12-18-6-3-2-4-7-18/h2-11,13-14H,12,15-16H2,1H3,(H,24,30). The maximum atomic E-state index is 12.9. The molecule has 0 spiro atoms. The number of rotatable bonds is 8. The smallest absolute Gasteiger partial charge is 0.273 e. The van der Waals surface area contributed by atoms with Crippen LogP contribution in [0.1, 0.15) is 27.3 Å². The second-order valence-electron chi connectivity index (χ2n) is 6.94. The molecular formula is C23H22N6OS. The summed E-state index contributed by atoms with van der Waals surface area (Å²) in [6.07, 6.45) is 4.14. The first-order valence-corrected chi connectivity index (χ1v) is 10.9. The summed E-state index contributed by atoms with van der Waals surface area (Å²) in [5.41, 5.74) is 4.20. The van der Waals surface area contributed by atoms with Gasteiger partial charge in [-0.15, -0.1) is 5.10 Å². The monoisotopic (exact) mass is 430 g/mol. The lowest BCUT2D eigenvalue weighted by atomic mass is 10.1. The van der Waals surface area contributed by atoms with Crippen LogP contribution in [-0.2, 0) is 12.2 Å². The average Bonchev–Trinajstić information content (AvgIpc) is 3.23. The van der Waals surface area contributed by atoms with Crippen molar-refractivity contribution in [2.24, 2.45) is 0 Å². The predicted molar refractivity (Wildman–Crippen MR) is 120 cm³/mol. The molecule has 0 saturated heterocycles. The van der Waals surface area contributed by atoms with Crippen molar-refractivity contribution in [2.75, 3.05) is 6.54 Å². The number of nitrogens with one attached hydrogen (secondary N) is 1. The van der Waals surface area contributed by atoms with E-state index in [1.807, 2.05) is 61.5 Å². The number of thioether (sulfide) groups is 1. The molecule has 1 amide bonds. The minimum absolute atomic E-state index is 0.237. The normalized spacial score (nSPS) is 10.7. The number of carbonyl (C=O) groups excluding carboxylic acids is 1. The van der Waals surface area contributed by atoms with Crippen molar-refractivity contribution < 1.29 is 4.79 Å². The molecule has 0 aliphatic heterocycles. The van der Waals surface area contributed by atoms with Crippen LogP contribution in [0.4, 0.5) is 0 Å². The first-order chi connectivity index (χ1) is 15.2. The van der Waals surface area contributed by atoms with Gasteiger partial charge in [-0.1, -0.05) is 65.0 Å². The second kappa shape index (κ2) is 9.99. The van der Waals surface area contributed by atoms with E-state index in [1.54, 1.807) is 23.1 Å². The number of hydrogen-bond acceptors (Lipinski definition) is 6. The van der Waals surface area contributed by atoms with Gasteiger partial charge in [-0.2, -0.15) is 0 Å². The number of hydrogen-bond donors (Lipinski definition) is 1. The zero-order valence-electron chi connectivity index (χ0n) is 17.1. The third kappa shape index (κ3) is 5.35. The number of amides is 1. The van der Waals surface area contributed by atoms with Crippen molar-refractivity contribution in [3.8, 4) is 5.69 Å². The fourth-order valence-corrected chi connectivity index (χ4v) is 3.84. The lowest BCUT2D eigenvalue weighted by molar-refractivity contribution is 0.0948. The van der Waals surface area contributed by atoms with Crippen LogP contribution in [0.15, 0.2) is 78.2 Å². The fourth-order valence-electron chi connectivity index (χ4n) is 3.04. The van der Waals surface area contributed by atoms with Gasteiger partial charge in [-0.3, -0.25) is 4.79 Å². The van der Waals surface area contributed by atoms with Gasteiger partial charge in [-0.05, 0) is 37.1 Å². The van der Waals surface area contributed by atoms with E-state index in [0.717, 1.165) is 17.7 Å². The average molecular weight is 431 g/mol. The van der Waals surface area contributed by atoms with Gasteiger partial charge in [0.15, 0.2) is 10.9 Å². The SMILES string of the molecule is Cc1ccc(-n2nnc(C(=O)NCCc3ccccc3)c2CSc2ncccn2)cc1. The van der Waals surface area contributed by atoms with Crippen molar-refractivity contribution in [2.45, 2.75) is 24.3 Å². The molecule has 0 unspecified atom stereocenters. The summed E-state index contributed by atoms with van der Waals surface area (Å²) in [5, 5.41) is 12.1. The van der Waals surface area contributed by atoms with Crippen LogP contribution in [0.5, 0.6) is 0 Å². The molecule has 4 rings (SSSR count). The predicted octanol–water partition coefficient (Wildman–Crippen LogP) is 3.63. The molecule has 0 radical (unpaired) electrons. The van der Waals surface area contributed by atoms with Gasteiger partial charge in [0, 0.05) is 24.7 Å². The van der Waals surface area contributed by atoms with E-state index in [-0.39, 0.29) is 5.91 Å². The first-order valence-electron chi connectivity index (χ1n) is 9.94. The Morgan fingerprint density at radius 3 is 2.48 bits per heavy atom. The van der Waals surface area contributed by atoms with Crippen molar-refractivity contribution in [3.05, 3.63) is 95.6 Å². The van der Waals surface area contributed by atoms with Gasteiger partial charge >= 0.3 is 0 Å². The highest BCUT2D eigenvalue weighted by molar-refractivity contribution is 7.98. The van der Waals surface area contributed by atoms with Crippen LogP contribution in [0.3, 0.4) is 0 Å². The highest BCUT2D eigenvalue weighted by Gasteiger charge is 2.21. The van der Waals surface area contributed by atoms with Crippen LogP contribution in [0, 0.1) is 6.92 Å². The third-order valence-electron chi connectivity index (χ3n) is 4.68. The van der Waals surface area contributed by atoms with Crippen molar-refractivity contribution in [1.82, 2.24) is 30.3 Å². The summed E-state index contributed by atoms with van der Waals surface area (Å²) in [6, 6.07) is 19.8. The summed E-state index contributed by atoms with van der Waals surface area (Å²) in [7, 11) is 0. The maximum Gasteiger partial charge on any atom is 0.273 e. The van der Waals surface area contributed by atoms with Crippen LogP contribution < -0.4 is 5.32 Å². The molecule has 4 aromatic rings. The van der Waals surface area contributed by atoms with Crippen LogP contribution in [-0.4, -0.2) is 37.4 Å². The van der Waals surface area contributed by atoms with Gasteiger partial charge in [0.25, 0.3) is 5.91 Å². The van der Waals surface area contributed by atoms with Gasteiger partial charge in [0.2, 0.25) is 0 Å². The van der Waals surface area contributed by atoms with Gasteiger partial charge in [0.05, 0.1) is 11.4 Å². The zero-order valence-corrected chi connectivity index (χ0v) is 17.9. The Hall–Kier alpha value is -3.52. The summed E-state index contributed by atoms with van der Waals surface area (Å²) in [4.78, 5) is 21.4. The van der Waals surface area contributed by atoms with Crippen molar-refractivity contribution in [3.63, 3.8) is 0 Å². The number of carbonyl (C=O) groups is 1. The van der Waals surface area contributed by atoms with E-state index >= 15 is 0 Å². The maximum absolute atomic E-state index is 12.9. The lowest BCUT2D eigenvalue weighted by Gasteiger charge is -2.09. The van der Waals surface area contributed by atoms with Crippen LogP contribution >= 0.6 is 11.8 Å². The van der Waals surface area contributed by atoms with Gasteiger partial charge in [-0.25, -0.2) is 14.6 Å². The Labute approximate surface area is 184 Å². The fraction of sp³-hybridized carbons (Fsp3) is 0.174. The first kappa shape index (κ1) is 20.7. The molecule has 2 aromatic carbocycles. The number of benzene rings is 2. The van der Waals surface area contributed by atoms with E-state index in [2.05, 4.69) is 25.6 Å². The molecule has 1 N–H and O–H groups in total. The molecule has 0 bridgehead atoms. The molecule has 0 aliphatic carbocycles. The van der Waals surface area contributed by atoms with E-state index < -0.39 is 0 Å². The summed E-state index contributed by atoms with van der Waals surface area (Å²) >= 11 is 1.44. The molecule has 0 atom stereocenters. The molecule has 2 heterocycles. The number of aryl methyl sites for hydroxylation is 1. The quantitative estimate of drug-likeness (QED) is 0.339. The molecular weight excluding hydrogens is 408 g/mol. The highest BCUT2D eigenvalue weighted by Crippen LogP contribution is 2.23. The van der Waals surface area contributed by atoms with E-state index in [9.17, 15) is 4.79 Å². The van der Waals surface area contributed by atoms with Crippen molar-refractivity contribution in [1.29, 1.82) is 0 Å². The summed E-state index contributed by atoms with van der Waals surface area (Å²) in [5.74, 6) is 0.227. The number of aromatic nitrogens is 5. The second-order valence-corrected chi connectivity index (χ2v) is 7.89. The minimum atomic E-state index is -0.237. The van der Waals surface area contributed by atoms with Crippen LogP contribution in [0.25, 0.3) is 5.69 Å². The Morgan fingerprint density at radius 1 is 1.00 bits per heavy atom. The molecule has 31 heavy (non-hydrogen) atoms. The number of nitrogens with zero attached hydrogens (tertiary/aromatic N) is 5. The summed E-state index contributed by atoms with van der Waals surface area (Å²) in [6.45, 7) is 2.55. The Bertz CT molecular complexity index is 1130. The van der Waals surface area contributed by atoms with E-state index in [4.69, 9.17) is 0 Å². The zero-order chi connectivity index (χ0) is 21.5. The van der Waals surface area contributed by atoms with E-state index in [0.29, 0.717) is 28.8 Å². The van der Waals surface area contributed by atoms with Crippen LogP contribution in [0.2, 0.25) is 0 Å². The molecule has 8 heteroatoms. The molecule has 0 fully saturated rings. The molecule has 0 aliphatic rings. The van der Waals surface area contributed by atoms with Crippen molar-refractivity contribution >= 4 is 17.7 Å². The summed E-state index contributed by atoms with van der Waals surface area (Å²) < 4.78 is 1.71. The largest absolute Gasteiger partial charge is 0.350 e. The van der Waals surface area contributed by atoms with E-state index in [1.165, 1.54) is 17.3 Å². The highest BCUT2D eigenvalue weighted by atomic mass is 32.2. The molecule has 2 aromatic heterocycles. The Balaban J connectivity index is 1.54. The van der Waals surface area contributed by atoms with Gasteiger partial charge in [0.1, 0.15) is 0 Å². The topological polar surface area (TPSA) is 85.6 Å². The molecule has 0 saturated carbocycles. The lowest BCUT2D eigenvalue weighted by Crippen LogP contribution is -2.27. The molecule has 156 valence electrons. The Kier molecular flexibility index (Phi) is 6.68. The third-order valence-corrected chi connectivity index (χ3v) is 5.57. The Morgan fingerprint density at radius 2 is 1.74 bits per heavy atom. The minimum Gasteiger partial charge on any atom is -0.350 e. The molecule has 7 nitrogen and oxygen atoms in total.